The SMILES string of the molecule is O=C(Nc1ccccc1)C1=CC(N=Nc2cc(Cl)ccc2Cl)(S(=O)(=O)F)c2ccccc2C1O. The Morgan fingerprint density at radius 1 is 1.03 bits per heavy atom. The van der Waals surface area contributed by atoms with Gasteiger partial charge in [-0.05, 0) is 42.0 Å². The normalized spacial score (nSPS) is 20.0. The first-order valence-electron chi connectivity index (χ1n) is 9.81. The van der Waals surface area contributed by atoms with Crippen LogP contribution in [-0.4, -0.2) is 19.4 Å². The fraction of sp³-hybridized carbons (Fsp3) is 0.0870. The third kappa shape index (κ3) is 4.47. The number of benzene rings is 3. The molecule has 2 unspecified atom stereocenters. The summed E-state index contributed by atoms with van der Waals surface area (Å²) in [7, 11) is -5.56. The highest BCUT2D eigenvalue weighted by Gasteiger charge is 2.51. The topological polar surface area (TPSA) is 108 Å². The minimum atomic E-state index is -5.56. The van der Waals surface area contributed by atoms with E-state index >= 15 is 0 Å². The molecule has 7 nitrogen and oxygen atoms in total. The van der Waals surface area contributed by atoms with E-state index in [-0.39, 0.29) is 26.9 Å². The number of aliphatic hydroxyl groups is 1. The maximum absolute atomic E-state index is 15.0. The number of anilines is 1. The molecule has 174 valence electrons. The number of carbonyl (C=O) groups is 1. The number of aliphatic hydroxyl groups excluding tert-OH is 1. The first-order valence-corrected chi connectivity index (χ1v) is 11.9. The van der Waals surface area contributed by atoms with Crippen LogP contribution in [0.2, 0.25) is 10.0 Å². The average molecular weight is 520 g/mol. The molecule has 34 heavy (non-hydrogen) atoms. The van der Waals surface area contributed by atoms with Crippen molar-refractivity contribution >= 4 is 50.7 Å². The van der Waals surface area contributed by atoms with Gasteiger partial charge in [-0.1, -0.05) is 65.7 Å². The van der Waals surface area contributed by atoms with Gasteiger partial charge >= 0.3 is 10.2 Å². The zero-order valence-electron chi connectivity index (χ0n) is 17.2. The van der Waals surface area contributed by atoms with E-state index < -0.39 is 32.7 Å². The van der Waals surface area contributed by atoms with Crippen molar-refractivity contribution in [3.05, 3.63) is 106 Å². The number of carbonyl (C=O) groups excluding carboxylic acids is 1. The molecular weight excluding hydrogens is 504 g/mol. The minimum Gasteiger partial charge on any atom is -0.383 e. The van der Waals surface area contributed by atoms with E-state index in [0.29, 0.717) is 5.69 Å². The molecule has 3 aromatic rings. The molecule has 11 heteroatoms. The Kier molecular flexibility index (Phi) is 6.55. The largest absolute Gasteiger partial charge is 0.383 e. The Morgan fingerprint density at radius 3 is 2.41 bits per heavy atom. The Balaban J connectivity index is 1.91. The van der Waals surface area contributed by atoms with Crippen LogP contribution in [0.1, 0.15) is 17.2 Å². The summed E-state index contributed by atoms with van der Waals surface area (Å²) in [4.78, 5) is 10.3. The van der Waals surface area contributed by atoms with Crippen LogP contribution in [0.25, 0.3) is 0 Å². The quantitative estimate of drug-likeness (QED) is 0.325. The first kappa shape index (κ1) is 24.0. The molecule has 2 N–H and O–H groups in total. The van der Waals surface area contributed by atoms with Gasteiger partial charge in [0.2, 0.25) is 0 Å². The monoisotopic (exact) mass is 519 g/mol. The maximum Gasteiger partial charge on any atom is 0.338 e. The highest BCUT2D eigenvalue weighted by molar-refractivity contribution is 7.87. The fourth-order valence-corrected chi connectivity index (χ4v) is 4.71. The van der Waals surface area contributed by atoms with Crippen LogP contribution < -0.4 is 5.32 Å². The van der Waals surface area contributed by atoms with Crippen molar-refractivity contribution in [1.29, 1.82) is 0 Å². The zero-order chi connectivity index (χ0) is 24.5. The maximum atomic E-state index is 15.0. The number of nitrogens with zero attached hydrogens (tertiary/aromatic N) is 2. The summed E-state index contributed by atoms with van der Waals surface area (Å²) in [5, 5.41) is 21.5. The first-order chi connectivity index (χ1) is 16.1. The van der Waals surface area contributed by atoms with Crippen molar-refractivity contribution in [2.24, 2.45) is 10.2 Å². The molecule has 3 aromatic carbocycles. The number of fused-ring (bicyclic) bond motifs is 1. The summed E-state index contributed by atoms with van der Waals surface area (Å²) < 4.78 is 40.1. The molecule has 0 bridgehead atoms. The standard InChI is InChI=1S/C23H16Cl2FN3O4S/c24-14-10-11-19(25)20(12-14)28-29-23(34(26,32)33)13-17(21(30)16-8-4-5-9-18(16)23)22(31)27-15-6-2-1-3-7-15/h1-13,21,30H,(H,27,31). The Labute approximate surface area is 204 Å². The molecule has 0 radical (unpaired) electrons. The number of para-hydroxylation sites is 1. The van der Waals surface area contributed by atoms with Crippen LogP contribution in [0.4, 0.5) is 15.3 Å². The van der Waals surface area contributed by atoms with Crippen molar-refractivity contribution in [2.45, 2.75) is 11.0 Å². The molecule has 1 aliphatic rings. The molecule has 0 fully saturated rings. The molecule has 1 amide bonds. The zero-order valence-corrected chi connectivity index (χ0v) is 19.5. The molecule has 4 rings (SSSR count). The van der Waals surface area contributed by atoms with Gasteiger partial charge in [0.15, 0.2) is 0 Å². The van der Waals surface area contributed by atoms with Gasteiger partial charge in [0.25, 0.3) is 10.8 Å². The lowest BCUT2D eigenvalue weighted by Gasteiger charge is -2.32. The highest BCUT2D eigenvalue weighted by atomic mass is 35.5. The van der Waals surface area contributed by atoms with Crippen molar-refractivity contribution in [1.82, 2.24) is 0 Å². The number of rotatable bonds is 5. The lowest BCUT2D eigenvalue weighted by molar-refractivity contribution is -0.113. The molecule has 0 saturated heterocycles. The highest BCUT2D eigenvalue weighted by Crippen LogP contribution is 2.47. The predicted octanol–water partition coefficient (Wildman–Crippen LogP) is 5.84. The second kappa shape index (κ2) is 9.27. The lowest BCUT2D eigenvalue weighted by atomic mass is 9.85. The molecule has 0 aromatic heterocycles. The molecule has 0 heterocycles. The molecule has 0 aliphatic heterocycles. The lowest BCUT2D eigenvalue weighted by Crippen LogP contribution is -2.36. The van der Waals surface area contributed by atoms with Crippen molar-refractivity contribution in [2.75, 3.05) is 5.32 Å². The van der Waals surface area contributed by atoms with E-state index in [4.69, 9.17) is 23.2 Å². The second-order valence-corrected chi connectivity index (χ2v) is 9.68. The summed E-state index contributed by atoms with van der Waals surface area (Å²) in [5.74, 6) is -0.836. The Bertz CT molecular complexity index is 1430. The van der Waals surface area contributed by atoms with Gasteiger partial charge in [-0.25, -0.2) is 0 Å². The number of hydrogen-bond acceptors (Lipinski definition) is 6. The summed E-state index contributed by atoms with van der Waals surface area (Å²) in [5.41, 5.74) is -0.242. The van der Waals surface area contributed by atoms with Gasteiger partial charge in [0.05, 0.1) is 10.6 Å². The van der Waals surface area contributed by atoms with Gasteiger partial charge in [0, 0.05) is 16.3 Å². The van der Waals surface area contributed by atoms with Crippen molar-refractivity contribution < 1.29 is 22.2 Å². The van der Waals surface area contributed by atoms with Crippen LogP contribution in [0.5, 0.6) is 0 Å². The van der Waals surface area contributed by atoms with Gasteiger partial charge in [-0.3, -0.25) is 4.79 Å². The molecule has 0 saturated carbocycles. The fourth-order valence-electron chi connectivity index (χ4n) is 3.53. The van der Waals surface area contributed by atoms with Gasteiger partial charge < -0.3 is 10.4 Å². The number of azo groups is 1. The molecular formula is C23H16Cl2FN3O4S. The number of halogens is 3. The second-order valence-electron chi connectivity index (χ2n) is 7.34. The smallest absolute Gasteiger partial charge is 0.338 e. The van der Waals surface area contributed by atoms with E-state index in [2.05, 4.69) is 15.5 Å². The van der Waals surface area contributed by atoms with E-state index in [0.717, 1.165) is 6.08 Å². The average Bonchev–Trinajstić information content (AvgIpc) is 2.80. The minimum absolute atomic E-state index is 0.00974. The Hall–Kier alpha value is -3.11. The third-order valence-corrected chi connectivity index (χ3v) is 6.88. The van der Waals surface area contributed by atoms with Crippen molar-refractivity contribution in [3.8, 4) is 0 Å². The van der Waals surface area contributed by atoms with E-state index in [1.165, 1.54) is 42.5 Å². The summed E-state index contributed by atoms with van der Waals surface area (Å²) in [6, 6.07) is 18.2. The number of amides is 1. The van der Waals surface area contributed by atoms with E-state index in [9.17, 15) is 22.2 Å². The summed E-state index contributed by atoms with van der Waals surface area (Å²) in [6.45, 7) is 0. The summed E-state index contributed by atoms with van der Waals surface area (Å²) in [6.07, 6.45) is -0.782. The Morgan fingerprint density at radius 2 is 1.71 bits per heavy atom. The van der Waals surface area contributed by atoms with Gasteiger partial charge in [-0.15, -0.1) is 3.89 Å². The van der Waals surface area contributed by atoms with Crippen LogP contribution in [0.15, 0.2) is 94.7 Å². The van der Waals surface area contributed by atoms with E-state index in [1.54, 1.807) is 30.3 Å². The molecule has 2 atom stereocenters. The number of nitrogens with one attached hydrogen (secondary N) is 1. The van der Waals surface area contributed by atoms with Crippen LogP contribution >= 0.6 is 23.2 Å². The van der Waals surface area contributed by atoms with Crippen molar-refractivity contribution in [3.63, 3.8) is 0 Å². The van der Waals surface area contributed by atoms with Gasteiger partial charge in [0.1, 0.15) is 11.8 Å². The predicted molar refractivity (Wildman–Crippen MR) is 127 cm³/mol. The van der Waals surface area contributed by atoms with Crippen LogP contribution in [0.3, 0.4) is 0 Å². The molecule has 0 spiro atoms. The third-order valence-electron chi connectivity index (χ3n) is 5.17. The number of hydrogen-bond donors (Lipinski definition) is 2. The van der Waals surface area contributed by atoms with Crippen LogP contribution in [-0.2, 0) is 19.9 Å². The van der Waals surface area contributed by atoms with Crippen LogP contribution in [0, 0.1) is 0 Å². The molecule has 1 aliphatic carbocycles. The van der Waals surface area contributed by atoms with E-state index in [1.807, 2.05) is 0 Å². The van der Waals surface area contributed by atoms with Gasteiger partial charge in [-0.2, -0.15) is 18.6 Å². The summed E-state index contributed by atoms with van der Waals surface area (Å²) >= 11 is 12.0.